The molecule has 19 heavy (non-hydrogen) atoms. The first kappa shape index (κ1) is 14.5. The minimum atomic E-state index is 0.328. The van der Waals surface area contributed by atoms with E-state index in [4.69, 9.17) is 12.2 Å². The summed E-state index contributed by atoms with van der Waals surface area (Å²) in [5.41, 5.74) is 0. The molecule has 1 aromatic rings. The number of likely N-dealkylation sites (N-methyl/N-ethyl adjacent to an activating group) is 2. The van der Waals surface area contributed by atoms with Crippen molar-refractivity contribution in [2.45, 2.75) is 45.7 Å². The molecule has 1 aliphatic heterocycles. The summed E-state index contributed by atoms with van der Waals surface area (Å²) in [6.45, 7) is 9.89. The predicted molar refractivity (Wildman–Crippen MR) is 81.3 cm³/mol. The van der Waals surface area contributed by atoms with Gasteiger partial charge in [0, 0.05) is 25.7 Å². The summed E-state index contributed by atoms with van der Waals surface area (Å²) < 4.78 is 2.79. The van der Waals surface area contributed by atoms with Crippen molar-refractivity contribution >= 4 is 18.2 Å². The fraction of sp³-hybridized carbons (Fsp3) is 0.846. The molecule has 0 saturated carbocycles. The van der Waals surface area contributed by atoms with Crippen LogP contribution in [-0.2, 0) is 0 Å². The number of nitrogens with zero attached hydrogens (tertiary/aromatic N) is 4. The van der Waals surface area contributed by atoms with Crippen molar-refractivity contribution in [2.75, 3.05) is 31.6 Å². The lowest BCUT2D eigenvalue weighted by atomic mass is 10.2. The zero-order valence-electron chi connectivity index (χ0n) is 12.4. The van der Waals surface area contributed by atoms with Gasteiger partial charge in [-0.3, -0.25) is 9.47 Å². The molecule has 0 amide bonds. The Morgan fingerprint density at radius 2 is 2.26 bits per heavy atom. The van der Waals surface area contributed by atoms with Crippen molar-refractivity contribution < 1.29 is 0 Å². The normalized spacial score (nSPS) is 20.4. The number of likely N-dealkylation sites (tertiary alicyclic amines) is 1. The summed E-state index contributed by atoms with van der Waals surface area (Å²) in [6.07, 6.45) is 2.59. The number of hydrogen-bond acceptors (Lipinski definition) is 4. The Labute approximate surface area is 120 Å². The first-order chi connectivity index (χ1) is 9.04. The van der Waals surface area contributed by atoms with Crippen LogP contribution in [0.3, 0.4) is 0 Å². The van der Waals surface area contributed by atoms with Gasteiger partial charge in [-0.2, -0.15) is 0 Å². The zero-order valence-corrected chi connectivity index (χ0v) is 13.2. The Morgan fingerprint density at radius 3 is 2.89 bits per heavy atom. The third kappa shape index (κ3) is 3.00. The van der Waals surface area contributed by atoms with E-state index in [1.165, 1.54) is 19.4 Å². The Balaban J connectivity index is 2.12. The van der Waals surface area contributed by atoms with E-state index in [1.807, 2.05) is 0 Å². The molecule has 108 valence electrons. The van der Waals surface area contributed by atoms with E-state index in [9.17, 15) is 0 Å². The molecule has 1 aliphatic rings. The van der Waals surface area contributed by atoms with Gasteiger partial charge >= 0.3 is 0 Å². The average molecular weight is 283 g/mol. The second-order valence-corrected chi connectivity index (χ2v) is 5.98. The van der Waals surface area contributed by atoms with Gasteiger partial charge in [0.15, 0.2) is 4.77 Å². The fourth-order valence-corrected chi connectivity index (χ4v) is 3.29. The lowest BCUT2D eigenvalue weighted by molar-refractivity contribution is 0.269. The maximum Gasteiger partial charge on any atom is 0.225 e. The second-order valence-electron chi connectivity index (χ2n) is 5.60. The summed E-state index contributed by atoms with van der Waals surface area (Å²) in [4.78, 5) is 4.78. The fourth-order valence-electron chi connectivity index (χ4n) is 2.95. The molecule has 2 heterocycles. The Hall–Kier alpha value is -0.880. The highest BCUT2D eigenvalue weighted by Gasteiger charge is 2.25. The highest BCUT2D eigenvalue weighted by atomic mass is 32.1. The molecule has 6 heteroatoms. The minimum Gasteiger partial charge on any atom is -0.342 e. The average Bonchev–Trinajstić information content (AvgIpc) is 2.95. The Morgan fingerprint density at radius 1 is 1.53 bits per heavy atom. The van der Waals surface area contributed by atoms with Crippen LogP contribution < -0.4 is 4.90 Å². The van der Waals surface area contributed by atoms with E-state index in [0.717, 1.165) is 19.0 Å². The van der Waals surface area contributed by atoms with Crippen molar-refractivity contribution in [3.8, 4) is 0 Å². The molecule has 0 bridgehead atoms. The van der Waals surface area contributed by atoms with E-state index in [1.54, 1.807) is 0 Å². The highest BCUT2D eigenvalue weighted by molar-refractivity contribution is 7.71. The molecule has 1 saturated heterocycles. The molecule has 0 spiro atoms. The SMILES string of the molecule is CCN1CCCC1CN(C)c1n[nH]c(=S)n1C(C)C. The van der Waals surface area contributed by atoms with Gasteiger partial charge in [-0.05, 0) is 52.0 Å². The van der Waals surface area contributed by atoms with Crippen LogP contribution in [0.4, 0.5) is 5.95 Å². The van der Waals surface area contributed by atoms with Crippen LogP contribution in [0.15, 0.2) is 0 Å². The number of aromatic nitrogens is 3. The monoisotopic (exact) mass is 283 g/mol. The van der Waals surface area contributed by atoms with Crippen LogP contribution in [0.25, 0.3) is 0 Å². The maximum absolute atomic E-state index is 5.30. The summed E-state index contributed by atoms with van der Waals surface area (Å²) in [5.74, 6) is 0.947. The number of H-pyrrole nitrogens is 1. The number of anilines is 1. The van der Waals surface area contributed by atoms with Gasteiger partial charge in [-0.25, -0.2) is 5.10 Å². The van der Waals surface area contributed by atoms with E-state index in [-0.39, 0.29) is 0 Å². The topological polar surface area (TPSA) is 40.1 Å². The van der Waals surface area contributed by atoms with Gasteiger partial charge in [-0.1, -0.05) is 6.92 Å². The van der Waals surface area contributed by atoms with Crippen LogP contribution in [0.1, 0.15) is 39.7 Å². The number of hydrogen-bond donors (Lipinski definition) is 1. The van der Waals surface area contributed by atoms with E-state index < -0.39 is 0 Å². The van der Waals surface area contributed by atoms with Crippen molar-refractivity contribution in [3.05, 3.63) is 4.77 Å². The van der Waals surface area contributed by atoms with Crippen LogP contribution >= 0.6 is 12.2 Å². The standard InChI is InChI=1S/C13H25N5S/c1-5-17-8-6-7-11(17)9-16(4)12-14-15-13(19)18(12)10(2)3/h10-11H,5-9H2,1-4H3,(H,15,19). The molecular formula is C13H25N5S. The largest absolute Gasteiger partial charge is 0.342 e. The quantitative estimate of drug-likeness (QED) is 0.843. The smallest absolute Gasteiger partial charge is 0.225 e. The summed E-state index contributed by atoms with van der Waals surface area (Å²) in [7, 11) is 2.11. The molecule has 1 N–H and O–H groups in total. The summed E-state index contributed by atoms with van der Waals surface area (Å²) in [6, 6.07) is 0.968. The molecule has 1 fully saturated rings. The molecule has 1 atom stereocenters. The Kier molecular flexibility index (Phi) is 4.62. The van der Waals surface area contributed by atoms with Crippen molar-refractivity contribution in [3.63, 3.8) is 0 Å². The highest BCUT2D eigenvalue weighted by Crippen LogP contribution is 2.21. The van der Waals surface area contributed by atoms with Crippen LogP contribution in [-0.4, -0.2) is 52.4 Å². The number of nitrogens with one attached hydrogen (secondary N) is 1. The summed E-state index contributed by atoms with van der Waals surface area (Å²) >= 11 is 5.30. The van der Waals surface area contributed by atoms with Gasteiger partial charge in [0.1, 0.15) is 0 Å². The number of rotatable bonds is 5. The van der Waals surface area contributed by atoms with Gasteiger partial charge in [0.2, 0.25) is 5.95 Å². The molecule has 0 radical (unpaired) electrons. The van der Waals surface area contributed by atoms with E-state index in [0.29, 0.717) is 16.9 Å². The van der Waals surface area contributed by atoms with E-state index in [2.05, 4.69) is 52.4 Å². The minimum absolute atomic E-state index is 0.328. The molecule has 1 aromatic heterocycles. The maximum atomic E-state index is 5.30. The van der Waals surface area contributed by atoms with Crippen LogP contribution in [0, 0.1) is 4.77 Å². The van der Waals surface area contributed by atoms with Crippen LogP contribution in [0.2, 0.25) is 0 Å². The van der Waals surface area contributed by atoms with E-state index >= 15 is 0 Å². The second kappa shape index (κ2) is 6.05. The molecule has 0 aliphatic carbocycles. The molecule has 1 unspecified atom stereocenters. The van der Waals surface area contributed by atoms with Gasteiger partial charge in [-0.15, -0.1) is 5.10 Å². The molecule has 0 aromatic carbocycles. The third-order valence-electron chi connectivity index (χ3n) is 3.93. The van der Waals surface area contributed by atoms with Gasteiger partial charge in [0.25, 0.3) is 0 Å². The number of aromatic amines is 1. The lowest BCUT2D eigenvalue weighted by Gasteiger charge is -2.28. The Bertz CT molecular complexity index is 464. The van der Waals surface area contributed by atoms with Gasteiger partial charge in [0.05, 0.1) is 0 Å². The summed E-state index contributed by atoms with van der Waals surface area (Å²) in [5, 5.41) is 7.29. The van der Waals surface area contributed by atoms with Crippen molar-refractivity contribution in [1.29, 1.82) is 0 Å². The zero-order chi connectivity index (χ0) is 14.0. The molecule has 2 rings (SSSR count). The molecule has 5 nitrogen and oxygen atoms in total. The predicted octanol–water partition coefficient (Wildman–Crippen LogP) is 2.44. The van der Waals surface area contributed by atoms with Crippen molar-refractivity contribution in [1.82, 2.24) is 19.7 Å². The first-order valence-electron chi connectivity index (χ1n) is 7.16. The van der Waals surface area contributed by atoms with Crippen LogP contribution in [0.5, 0.6) is 0 Å². The molecular weight excluding hydrogens is 258 g/mol. The first-order valence-corrected chi connectivity index (χ1v) is 7.57. The lowest BCUT2D eigenvalue weighted by Crippen LogP contribution is -2.39. The van der Waals surface area contributed by atoms with Gasteiger partial charge < -0.3 is 4.90 Å². The van der Waals surface area contributed by atoms with Crippen molar-refractivity contribution in [2.24, 2.45) is 0 Å². The third-order valence-corrected chi connectivity index (χ3v) is 4.22.